The van der Waals surface area contributed by atoms with E-state index in [-0.39, 0.29) is 23.5 Å². The van der Waals surface area contributed by atoms with Gasteiger partial charge in [-0.25, -0.2) is 0 Å². The van der Waals surface area contributed by atoms with Crippen LogP contribution in [0.1, 0.15) is 13.3 Å². The molecule has 14 heavy (non-hydrogen) atoms. The van der Waals surface area contributed by atoms with Crippen molar-refractivity contribution in [2.24, 2.45) is 5.92 Å². The van der Waals surface area contributed by atoms with Gasteiger partial charge < -0.3 is 4.74 Å². The Morgan fingerprint density at radius 3 is 2.36 bits per heavy atom. The van der Waals surface area contributed by atoms with E-state index >= 15 is 0 Å². The van der Waals surface area contributed by atoms with E-state index in [1.54, 1.807) is 0 Å². The van der Waals surface area contributed by atoms with Crippen molar-refractivity contribution in [2.75, 3.05) is 26.3 Å². The van der Waals surface area contributed by atoms with Gasteiger partial charge in [0.15, 0.2) is 0 Å². The number of Topliss-reactive ketones (excluding diaryl/α,β-unsaturated/α-hetero) is 2. The lowest BCUT2D eigenvalue weighted by atomic mass is 10.1. The number of ether oxygens (including phenoxy) is 1. The van der Waals surface area contributed by atoms with Crippen molar-refractivity contribution in [1.82, 2.24) is 4.90 Å². The van der Waals surface area contributed by atoms with Gasteiger partial charge in [-0.05, 0) is 6.42 Å². The predicted molar refractivity (Wildman–Crippen MR) is 50.0 cm³/mol. The maximum Gasteiger partial charge on any atom is 0.215 e. The molecule has 1 saturated carbocycles. The summed E-state index contributed by atoms with van der Waals surface area (Å²) in [6.45, 7) is 4.73. The molecule has 0 aromatic heterocycles. The van der Waals surface area contributed by atoms with Gasteiger partial charge in [-0.3, -0.25) is 14.5 Å². The topological polar surface area (TPSA) is 46.6 Å². The molecule has 4 heteroatoms. The van der Waals surface area contributed by atoms with Crippen molar-refractivity contribution in [3.8, 4) is 0 Å². The molecule has 2 unspecified atom stereocenters. The van der Waals surface area contributed by atoms with Crippen LogP contribution >= 0.6 is 0 Å². The Morgan fingerprint density at radius 2 is 1.86 bits per heavy atom. The summed E-state index contributed by atoms with van der Waals surface area (Å²) in [5.74, 6) is -0.476. The molecule has 2 atom stereocenters. The Morgan fingerprint density at radius 1 is 1.21 bits per heavy atom. The number of hydrogen-bond donors (Lipinski definition) is 0. The molecule has 1 saturated heterocycles. The number of morpholine rings is 1. The third-order valence-corrected chi connectivity index (χ3v) is 3.06. The van der Waals surface area contributed by atoms with Crippen LogP contribution in [0.2, 0.25) is 0 Å². The van der Waals surface area contributed by atoms with Gasteiger partial charge in [-0.1, -0.05) is 6.92 Å². The first-order valence-electron chi connectivity index (χ1n) is 5.10. The Balaban J connectivity index is 2.04. The number of rotatable bonds is 1. The largest absolute Gasteiger partial charge is 0.379 e. The van der Waals surface area contributed by atoms with Crippen LogP contribution in [0, 0.1) is 5.92 Å². The molecule has 1 heterocycles. The normalized spacial score (nSPS) is 35.2. The van der Waals surface area contributed by atoms with E-state index in [9.17, 15) is 9.59 Å². The van der Waals surface area contributed by atoms with Crippen molar-refractivity contribution >= 4 is 11.6 Å². The molecule has 4 nitrogen and oxygen atoms in total. The second-order valence-electron chi connectivity index (χ2n) is 4.03. The van der Waals surface area contributed by atoms with E-state index in [4.69, 9.17) is 4.74 Å². The van der Waals surface area contributed by atoms with Crippen LogP contribution in [-0.4, -0.2) is 48.8 Å². The molecule has 0 N–H and O–H groups in total. The molecule has 1 aliphatic heterocycles. The van der Waals surface area contributed by atoms with Crippen LogP contribution in [0.4, 0.5) is 0 Å². The maximum absolute atomic E-state index is 11.6. The Kier molecular flexibility index (Phi) is 2.65. The summed E-state index contributed by atoms with van der Waals surface area (Å²) in [6.07, 6.45) is 0.692. The van der Waals surface area contributed by atoms with Crippen LogP contribution in [0.15, 0.2) is 0 Å². The summed E-state index contributed by atoms with van der Waals surface area (Å²) in [5, 5.41) is 0. The fourth-order valence-corrected chi connectivity index (χ4v) is 2.16. The minimum Gasteiger partial charge on any atom is -0.379 e. The average Bonchev–Trinajstić information content (AvgIpc) is 2.47. The average molecular weight is 197 g/mol. The third-order valence-electron chi connectivity index (χ3n) is 3.06. The summed E-state index contributed by atoms with van der Waals surface area (Å²) in [6, 6.07) is -0.165. The van der Waals surface area contributed by atoms with Gasteiger partial charge in [0.05, 0.1) is 19.3 Å². The van der Waals surface area contributed by atoms with E-state index in [1.165, 1.54) is 0 Å². The molecule has 0 spiro atoms. The lowest BCUT2D eigenvalue weighted by molar-refractivity contribution is -0.138. The second kappa shape index (κ2) is 3.79. The quantitative estimate of drug-likeness (QED) is 0.549. The molecule has 2 fully saturated rings. The van der Waals surface area contributed by atoms with Crippen molar-refractivity contribution in [1.29, 1.82) is 0 Å². The lowest BCUT2D eigenvalue weighted by Gasteiger charge is -2.30. The van der Waals surface area contributed by atoms with Gasteiger partial charge in [0.25, 0.3) is 0 Å². The van der Waals surface area contributed by atoms with E-state index in [2.05, 4.69) is 4.90 Å². The highest BCUT2D eigenvalue weighted by Crippen LogP contribution is 2.23. The van der Waals surface area contributed by atoms with Gasteiger partial charge in [-0.2, -0.15) is 0 Å². The fraction of sp³-hybridized carbons (Fsp3) is 0.800. The van der Waals surface area contributed by atoms with Gasteiger partial charge in [-0.15, -0.1) is 0 Å². The molecule has 2 aliphatic rings. The SMILES string of the molecule is CC1CC(N2CCOCC2)C(=O)C1=O. The van der Waals surface area contributed by atoms with Crippen molar-refractivity contribution in [3.05, 3.63) is 0 Å². The molecule has 0 bridgehead atoms. The monoisotopic (exact) mass is 197 g/mol. The second-order valence-corrected chi connectivity index (χ2v) is 4.03. The molecule has 78 valence electrons. The summed E-state index contributed by atoms with van der Waals surface area (Å²) < 4.78 is 5.21. The van der Waals surface area contributed by atoms with Crippen molar-refractivity contribution in [3.63, 3.8) is 0 Å². The summed E-state index contributed by atoms with van der Waals surface area (Å²) in [4.78, 5) is 25.0. The Hall–Kier alpha value is -0.740. The third kappa shape index (κ3) is 1.60. The van der Waals surface area contributed by atoms with Gasteiger partial charge in [0.1, 0.15) is 0 Å². The van der Waals surface area contributed by atoms with Crippen LogP contribution in [0.5, 0.6) is 0 Å². The fourth-order valence-electron chi connectivity index (χ4n) is 2.16. The highest BCUT2D eigenvalue weighted by atomic mass is 16.5. The number of carbonyl (C=O) groups is 2. The first-order chi connectivity index (χ1) is 6.70. The van der Waals surface area contributed by atoms with Crippen LogP contribution < -0.4 is 0 Å². The summed E-state index contributed by atoms with van der Waals surface area (Å²) in [5.41, 5.74) is 0. The first-order valence-corrected chi connectivity index (χ1v) is 5.10. The molecule has 1 aliphatic carbocycles. The number of nitrogens with zero attached hydrogens (tertiary/aromatic N) is 1. The molecule has 0 aromatic rings. The van der Waals surface area contributed by atoms with Gasteiger partial charge >= 0.3 is 0 Å². The maximum atomic E-state index is 11.6. The van der Waals surface area contributed by atoms with E-state index in [1.807, 2.05) is 6.92 Å². The van der Waals surface area contributed by atoms with E-state index < -0.39 is 0 Å². The smallest absolute Gasteiger partial charge is 0.215 e. The van der Waals surface area contributed by atoms with Gasteiger partial charge in [0.2, 0.25) is 11.6 Å². The lowest BCUT2D eigenvalue weighted by Crippen LogP contribution is -2.46. The van der Waals surface area contributed by atoms with Crippen LogP contribution in [-0.2, 0) is 14.3 Å². The van der Waals surface area contributed by atoms with Gasteiger partial charge in [0, 0.05) is 19.0 Å². The summed E-state index contributed by atoms with van der Waals surface area (Å²) in [7, 11) is 0. The molecular weight excluding hydrogens is 182 g/mol. The Bertz CT molecular complexity index is 258. The highest BCUT2D eigenvalue weighted by molar-refractivity contribution is 6.41. The van der Waals surface area contributed by atoms with Crippen molar-refractivity contribution < 1.29 is 14.3 Å². The van der Waals surface area contributed by atoms with Crippen LogP contribution in [0.25, 0.3) is 0 Å². The molecule has 0 aromatic carbocycles. The van der Waals surface area contributed by atoms with Crippen LogP contribution in [0.3, 0.4) is 0 Å². The number of carbonyl (C=O) groups excluding carboxylic acids is 2. The molecule has 2 rings (SSSR count). The highest BCUT2D eigenvalue weighted by Gasteiger charge is 2.41. The van der Waals surface area contributed by atoms with E-state index in [0.29, 0.717) is 19.6 Å². The zero-order chi connectivity index (χ0) is 10.1. The predicted octanol–water partition coefficient (Wildman–Crippen LogP) is -0.135. The molecule has 0 amide bonds. The Labute approximate surface area is 83.2 Å². The number of hydrogen-bond acceptors (Lipinski definition) is 4. The zero-order valence-corrected chi connectivity index (χ0v) is 8.36. The minimum absolute atomic E-state index is 0.0876. The standard InChI is InChI=1S/C10H15NO3/c1-7-6-8(10(13)9(7)12)11-2-4-14-5-3-11/h7-8H,2-6H2,1H3. The number of ketones is 2. The molecule has 0 radical (unpaired) electrons. The molecular formula is C10H15NO3. The van der Waals surface area contributed by atoms with E-state index in [0.717, 1.165) is 13.1 Å². The minimum atomic E-state index is -0.195. The van der Waals surface area contributed by atoms with Crippen molar-refractivity contribution in [2.45, 2.75) is 19.4 Å². The zero-order valence-electron chi connectivity index (χ0n) is 8.36. The summed E-state index contributed by atoms with van der Waals surface area (Å²) >= 11 is 0. The first kappa shape index (κ1) is 9.80.